The molecule has 5 heteroatoms. The van der Waals surface area contributed by atoms with E-state index >= 15 is 0 Å². The van der Waals surface area contributed by atoms with E-state index in [1.807, 2.05) is 30.3 Å². The zero-order valence-corrected chi connectivity index (χ0v) is 17.1. The first-order chi connectivity index (χ1) is 14.1. The number of hydrogen-bond donors (Lipinski definition) is 1. The standard InChI is InChI=1S/C24H27N3O2/c1-17-7-8-19(15-18(17)2)23-16-21(20-5-3-4-6-22(20)26-23)24(28)25-9-10-27-11-13-29-14-12-27/h3-8,15-16H,9-14H2,1-2H3,(H,25,28). The van der Waals surface area contributed by atoms with Crippen LogP contribution in [0.1, 0.15) is 21.5 Å². The maximum Gasteiger partial charge on any atom is 0.252 e. The summed E-state index contributed by atoms with van der Waals surface area (Å²) in [5.41, 5.74) is 5.82. The van der Waals surface area contributed by atoms with E-state index in [0.29, 0.717) is 12.1 Å². The van der Waals surface area contributed by atoms with Crippen LogP contribution >= 0.6 is 0 Å². The van der Waals surface area contributed by atoms with E-state index in [0.717, 1.165) is 55.0 Å². The summed E-state index contributed by atoms with van der Waals surface area (Å²) in [6, 6.07) is 16.0. The molecule has 1 fully saturated rings. The Hall–Kier alpha value is -2.76. The summed E-state index contributed by atoms with van der Waals surface area (Å²) in [6.07, 6.45) is 0. The van der Waals surface area contributed by atoms with Gasteiger partial charge in [0.25, 0.3) is 5.91 Å². The number of ether oxygens (including phenoxy) is 1. The molecule has 1 aromatic heterocycles. The Labute approximate surface area is 171 Å². The van der Waals surface area contributed by atoms with E-state index in [-0.39, 0.29) is 5.91 Å². The van der Waals surface area contributed by atoms with Crippen molar-refractivity contribution in [3.8, 4) is 11.3 Å². The van der Waals surface area contributed by atoms with Crippen molar-refractivity contribution in [1.82, 2.24) is 15.2 Å². The highest BCUT2D eigenvalue weighted by Gasteiger charge is 2.15. The third-order valence-electron chi connectivity index (χ3n) is 5.58. The summed E-state index contributed by atoms with van der Waals surface area (Å²) in [7, 11) is 0. The van der Waals surface area contributed by atoms with Crippen molar-refractivity contribution in [3.63, 3.8) is 0 Å². The molecule has 3 aromatic rings. The van der Waals surface area contributed by atoms with Crippen LogP contribution < -0.4 is 5.32 Å². The summed E-state index contributed by atoms with van der Waals surface area (Å²) in [4.78, 5) is 20.1. The van der Waals surface area contributed by atoms with Crippen LogP contribution in [0.25, 0.3) is 22.2 Å². The Morgan fingerprint density at radius 3 is 2.66 bits per heavy atom. The molecule has 2 aromatic carbocycles. The maximum absolute atomic E-state index is 13.0. The van der Waals surface area contributed by atoms with Gasteiger partial charge in [0.15, 0.2) is 0 Å². The van der Waals surface area contributed by atoms with E-state index < -0.39 is 0 Å². The van der Waals surface area contributed by atoms with Gasteiger partial charge in [0.05, 0.1) is 30.0 Å². The van der Waals surface area contributed by atoms with Crippen LogP contribution in [0.5, 0.6) is 0 Å². The van der Waals surface area contributed by atoms with Crippen LogP contribution in [0, 0.1) is 13.8 Å². The molecule has 4 rings (SSSR count). The molecule has 1 N–H and O–H groups in total. The number of aromatic nitrogens is 1. The van der Waals surface area contributed by atoms with Gasteiger partial charge in [-0.1, -0.05) is 30.3 Å². The van der Waals surface area contributed by atoms with Crippen LogP contribution in [0.3, 0.4) is 0 Å². The van der Waals surface area contributed by atoms with Crippen molar-refractivity contribution in [2.24, 2.45) is 0 Å². The van der Waals surface area contributed by atoms with E-state index in [4.69, 9.17) is 9.72 Å². The molecule has 0 spiro atoms. The highest BCUT2D eigenvalue weighted by Crippen LogP contribution is 2.26. The van der Waals surface area contributed by atoms with Crippen LogP contribution in [0.15, 0.2) is 48.5 Å². The first kappa shape index (κ1) is 19.6. The minimum atomic E-state index is -0.0538. The van der Waals surface area contributed by atoms with Crippen molar-refractivity contribution in [2.45, 2.75) is 13.8 Å². The maximum atomic E-state index is 13.0. The predicted molar refractivity (Wildman–Crippen MR) is 116 cm³/mol. The molecular formula is C24H27N3O2. The molecule has 1 amide bonds. The normalized spacial score (nSPS) is 14.8. The van der Waals surface area contributed by atoms with Crippen LogP contribution in [0.2, 0.25) is 0 Å². The Bertz CT molecular complexity index is 1030. The highest BCUT2D eigenvalue weighted by molar-refractivity contribution is 6.07. The summed E-state index contributed by atoms with van der Waals surface area (Å²) in [5, 5.41) is 3.97. The minimum absolute atomic E-state index is 0.0538. The number of rotatable bonds is 5. The quantitative estimate of drug-likeness (QED) is 0.725. The molecule has 0 unspecified atom stereocenters. The van der Waals surface area contributed by atoms with Crippen LogP contribution in [-0.4, -0.2) is 55.2 Å². The molecule has 0 saturated carbocycles. The number of carbonyl (C=O) groups is 1. The summed E-state index contributed by atoms with van der Waals surface area (Å²) < 4.78 is 5.38. The number of fused-ring (bicyclic) bond motifs is 1. The van der Waals surface area contributed by atoms with Gasteiger partial charge in [-0.15, -0.1) is 0 Å². The molecule has 150 valence electrons. The number of pyridine rings is 1. The molecule has 2 heterocycles. The average Bonchev–Trinajstić information content (AvgIpc) is 2.75. The Balaban J connectivity index is 1.60. The Kier molecular flexibility index (Phi) is 5.88. The van der Waals surface area contributed by atoms with Gasteiger partial charge >= 0.3 is 0 Å². The lowest BCUT2D eigenvalue weighted by atomic mass is 10.0. The SMILES string of the molecule is Cc1ccc(-c2cc(C(=O)NCCN3CCOCC3)c3ccccc3n2)cc1C. The van der Waals surface area contributed by atoms with Crippen LogP contribution in [0.4, 0.5) is 0 Å². The van der Waals surface area contributed by atoms with E-state index in [9.17, 15) is 4.79 Å². The highest BCUT2D eigenvalue weighted by atomic mass is 16.5. The molecule has 29 heavy (non-hydrogen) atoms. The second-order valence-corrected chi connectivity index (χ2v) is 7.58. The molecule has 0 atom stereocenters. The zero-order valence-electron chi connectivity index (χ0n) is 17.1. The first-order valence-corrected chi connectivity index (χ1v) is 10.2. The zero-order chi connectivity index (χ0) is 20.2. The predicted octanol–water partition coefficient (Wildman–Crippen LogP) is 3.58. The van der Waals surface area contributed by atoms with Gasteiger partial charge in [0.1, 0.15) is 0 Å². The van der Waals surface area contributed by atoms with Gasteiger partial charge in [-0.25, -0.2) is 4.98 Å². The third-order valence-corrected chi connectivity index (χ3v) is 5.58. The van der Waals surface area contributed by atoms with Crippen molar-refractivity contribution in [3.05, 3.63) is 65.2 Å². The molecule has 0 radical (unpaired) electrons. The third kappa shape index (κ3) is 4.47. The number of benzene rings is 2. The number of carbonyl (C=O) groups excluding carboxylic acids is 1. The van der Waals surface area contributed by atoms with Gasteiger partial charge < -0.3 is 10.1 Å². The van der Waals surface area contributed by atoms with Crippen LogP contribution in [-0.2, 0) is 4.74 Å². The lowest BCUT2D eigenvalue weighted by Crippen LogP contribution is -2.41. The second-order valence-electron chi connectivity index (χ2n) is 7.58. The number of nitrogens with zero attached hydrogens (tertiary/aromatic N) is 2. The lowest BCUT2D eigenvalue weighted by Gasteiger charge is -2.26. The average molecular weight is 389 g/mol. The van der Waals surface area contributed by atoms with Gasteiger partial charge in [-0.3, -0.25) is 9.69 Å². The summed E-state index contributed by atoms with van der Waals surface area (Å²) >= 11 is 0. The summed E-state index contributed by atoms with van der Waals surface area (Å²) in [6.45, 7) is 9.02. The fourth-order valence-electron chi connectivity index (χ4n) is 3.66. The lowest BCUT2D eigenvalue weighted by molar-refractivity contribution is 0.0383. The molecular weight excluding hydrogens is 362 g/mol. The van der Waals surface area contributed by atoms with Crippen molar-refractivity contribution < 1.29 is 9.53 Å². The van der Waals surface area contributed by atoms with Gasteiger partial charge in [-0.2, -0.15) is 0 Å². The molecule has 5 nitrogen and oxygen atoms in total. The van der Waals surface area contributed by atoms with Gasteiger partial charge in [0, 0.05) is 37.1 Å². The number of amides is 1. The molecule has 0 aliphatic carbocycles. The number of morpholine rings is 1. The van der Waals surface area contributed by atoms with E-state index in [2.05, 4.69) is 42.3 Å². The Morgan fingerprint density at radius 2 is 1.86 bits per heavy atom. The molecule has 1 aliphatic rings. The Morgan fingerprint density at radius 1 is 1.07 bits per heavy atom. The number of aryl methyl sites for hydroxylation is 2. The topological polar surface area (TPSA) is 54.5 Å². The van der Waals surface area contributed by atoms with Crippen molar-refractivity contribution in [1.29, 1.82) is 0 Å². The van der Waals surface area contributed by atoms with E-state index in [1.54, 1.807) is 0 Å². The molecule has 0 bridgehead atoms. The van der Waals surface area contributed by atoms with Crippen molar-refractivity contribution >= 4 is 16.8 Å². The largest absolute Gasteiger partial charge is 0.379 e. The van der Waals surface area contributed by atoms with E-state index in [1.165, 1.54) is 11.1 Å². The van der Waals surface area contributed by atoms with Crippen molar-refractivity contribution in [2.75, 3.05) is 39.4 Å². The fourth-order valence-corrected chi connectivity index (χ4v) is 3.66. The molecule has 1 aliphatic heterocycles. The number of para-hydroxylation sites is 1. The number of nitrogens with one attached hydrogen (secondary N) is 1. The monoisotopic (exact) mass is 389 g/mol. The second kappa shape index (κ2) is 8.72. The minimum Gasteiger partial charge on any atom is -0.379 e. The first-order valence-electron chi connectivity index (χ1n) is 10.2. The summed E-state index contributed by atoms with van der Waals surface area (Å²) in [5.74, 6) is -0.0538. The number of hydrogen-bond acceptors (Lipinski definition) is 4. The molecule has 1 saturated heterocycles. The van der Waals surface area contributed by atoms with Gasteiger partial charge in [0.2, 0.25) is 0 Å². The van der Waals surface area contributed by atoms with Gasteiger partial charge in [-0.05, 0) is 43.2 Å². The fraction of sp³-hybridized carbons (Fsp3) is 0.333. The smallest absolute Gasteiger partial charge is 0.252 e.